The third-order valence-electron chi connectivity index (χ3n) is 8.08. The van der Waals surface area contributed by atoms with Gasteiger partial charge in [-0.25, -0.2) is 0 Å². The van der Waals surface area contributed by atoms with Gasteiger partial charge in [0.1, 0.15) is 17.4 Å². The van der Waals surface area contributed by atoms with E-state index in [9.17, 15) is 9.59 Å². The Bertz CT molecular complexity index is 1640. The van der Waals surface area contributed by atoms with Gasteiger partial charge in [-0.15, -0.1) is 0 Å². The minimum Gasteiger partial charge on any atom is -0.488 e. The van der Waals surface area contributed by atoms with Gasteiger partial charge in [0, 0.05) is 49.5 Å². The van der Waals surface area contributed by atoms with Crippen molar-refractivity contribution < 1.29 is 18.8 Å². The van der Waals surface area contributed by atoms with E-state index >= 15 is 0 Å². The predicted molar refractivity (Wildman–Crippen MR) is 151 cm³/mol. The van der Waals surface area contributed by atoms with E-state index in [2.05, 4.69) is 10.1 Å². The first-order valence-corrected chi connectivity index (χ1v) is 13.7. The molecule has 0 unspecified atom stereocenters. The summed E-state index contributed by atoms with van der Waals surface area (Å²) in [6.45, 7) is 6.42. The second-order valence-electron chi connectivity index (χ2n) is 10.7. The van der Waals surface area contributed by atoms with Gasteiger partial charge in [0.25, 0.3) is 11.5 Å². The van der Waals surface area contributed by atoms with Crippen molar-refractivity contribution in [3.05, 3.63) is 69.3 Å². The van der Waals surface area contributed by atoms with Gasteiger partial charge in [-0.3, -0.25) is 9.59 Å². The standard InChI is InChI=1S/C30H33N5O5/c1-17-6-4-5-7-21(17)28-32-29(40-33-28)19-8-11-35(12-9-19)26-22-14-18(2)24(39-20-10-13-38-16-20)15-23(22)34(3)30(37)25(26)27(31)36/h4-7,14-15,19-20H,8-13,16H2,1-3H3,(H2,31,36)/t20-/m1/s1. The zero-order chi connectivity index (χ0) is 28.0. The molecule has 208 valence electrons. The third-order valence-corrected chi connectivity index (χ3v) is 8.08. The molecule has 6 rings (SSSR count). The maximum absolute atomic E-state index is 13.4. The number of anilines is 1. The second kappa shape index (κ2) is 10.4. The molecule has 40 heavy (non-hydrogen) atoms. The van der Waals surface area contributed by atoms with Gasteiger partial charge in [-0.05, 0) is 43.9 Å². The molecule has 0 aliphatic carbocycles. The average molecular weight is 544 g/mol. The van der Waals surface area contributed by atoms with Crippen molar-refractivity contribution in [3.8, 4) is 17.1 Å². The van der Waals surface area contributed by atoms with Crippen LogP contribution in [0.2, 0.25) is 0 Å². The number of benzene rings is 2. The Balaban J connectivity index is 1.32. The number of nitrogens with zero attached hydrogens (tertiary/aromatic N) is 4. The fourth-order valence-electron chi connectivity index (χ4n) is 5.80. The number of amides is 1. The quantitative estimate of drug-likeness (QED) is 0.389. The number of primary amides is 1. The number of aryl methyl sites for hydroxylation is 3. The number of fused-ring (bicyclic) bond motifs is 1. The van der Waals surface area contributed by atoms with E-state index in [1.165, 1.54) is 4.57 Å². The van der Waals surface area contributed by atoms with E-state index in [4.69, 9.17) is 24.7 Å². The van der Waals surface area contributed by atoms with Crippen LogP contribution in [0.4, 0.5) is 5.69 Å². The fraction of sp³-hybridized carbons (Fsp3) is 0.400. The largest absolute Gasteiger partial charge is 0.488 e. The number of carbonyl (C=O) groups is 1. The fourth-order valence-corrected chi connectivity index (χ4v) is 5.80. The molecule has 2 N–H and O–H groups in total. The van der Waals surface area contributed by atoms with E-state index < -0.39 is 11.5 Å². The number of carbonyl (C=O) groups excluding carboxylic acids is 1. The summed E-state index contributed by atoms with van der Waals surface area (Å²) in [7, 11) is 1.66. The van der Waals surface area contributed by atoms with Gasteiger partial charge in [0.05, 0.1) is 24.4 Å². The van der Waals surface area contributed by atoms with Crippen LogP contribution in [0.15, 0.2) is 45.7 Å². The first-order chi connectivity index (χ1) is 19.3. The number of aromatic nitrogens is 3. The van der Waals surface area contributed by atoms with Crippen molar-refractivity contribution in [1.82, 2.24) is 14.7 Å². The summed E-state index contributed by atoms with van der Waals surface area (Å²) in [5, 5.41) is 5.02. The molecule has 10 nitrogen and oxygen atoms in total. The lowest BCUT2D eigenvalue weighted by Crippen LogP contribution is -2.38. The summed E-state index contributed by atoms with van der Waals surface area (Å²) in [4.78, 5) is 32.8. The Hall–Kier alpha value is -4.18. The lowest BCUT2D eigenvalue weighted by atomic mass is 9.94. The van der Waals surface area contributed by atoms with E-state index in [-0.39, 0.29) is 17.6 Å². The van der Waals surface area contributed by atoms with Crippen LogP contribution in [-0.2, 0) is 11.8 Å². The lowest BCUT2D eigenvalue weighted by molar-refractivity contribution is 0.0999. The molecular weight excluding hydrogens is 510 g/mol. The number of nitrogens with two attached hydrogens (primary N) is 1. The van der Waals surface area contributed by atoms with Crippen LogP contribution in [0.1, 0.15) is 52.6 Å². The Kier molecular flexibility index (Phi) is 6.79. The predicted octanol–water partition coefficient (Wildman–Crippen LogP) is 3.86. The topological polar surface area (TPSA) is 126 Å². The smallest absolute Gasteiger partial charge is 0.265 e. The van der Waals surface area contributed by atoms with Crippen molar-refractivity contribution in [1.29, 1.82) is 0 Å². The Morgan fingerprint density at radius 1 is 1.10 bits per heavy atom. The van der Waals surface area contributed by atoms with Crippen LogP contribution in [0.5, 0.6) is 5.75 Å². The molecule has 0 bridgehead atoms. The molecule has 4 aromatic rings. The number of piperidine rings is 1. The van der Waals surface area contributed by atoms with Crippen LogP contribution in [0.3, 0.4) is 0 Å². The summed E-state index contributed by atoms with van der Waals surface area (Å²) < 4.78 is 18.8. The lowest BCUT2D eigenvalue weighted by Gasteiger charge is -2.34. The Labute approximate surface area is 231 Å². The molecule has 1 amide bonds. The molecule has 2 fully saturated rings. The zero-order valence-corrected chi connectivity index (χ0v) is 23.0. The van der Waals surface area contributed by atoms with Crippen molar-refractivity contribution >= 4 is 22.5 Å². The first kappa shape index (κ1) is 26.1. The van der Waals surface area contributed by atoms with Crippen LogP contribution in [0, 0.1) is 13.8 Å². The molecule has 0 spiro atoms. The zero-order valence-electron chi connectivity index (χ0n) is 23.0. The van der Waals surface area contributed by atoms with Gasteiger partial charge in [0.15, 0.2) is 0 Å². The first-order valence-electron chi connectivity index (χ1n) is 13.7. The normalized spacial score (nSPS) is 18.0. The van der Waals surface area contributed by atoms with Crippen molar-refractivity contribution in [2.75, 3.05) is 31.2 Å². The minimum absolute atomic E-state index is 0.00495. The number of hydrogen-bond acceptors (Lipinski definition) is 8. The molecule has 2 aromatic heterocycles. The average Bonchev–Trinajstić information content (AvgIpc) is 3.64. The maximum atomic E-state index is 13.4. The number of ether oxygens (including phenoxy) is 2. The summed E-state index contributed by atoms with van der Waals surface area (Å²) in [6, 6.07) is 11.8. The van der Waals surface area contributed by atoms with Crippen molar-refractivity contribution in [2.24, 2.45) is 12.8 Å². The van der Waals surface area contributed by atoms with Crippen LogP contribution < -0.4 is 20.9 Å². The third kappa shape index (κ3) is 4.62. The molecule has 4 heterocycles. The Morgan fingerprint density at radius 2 is 1.88 bits per heavy atom. The molecule has 0 radical (unpaired) electrons. The van der Waals surface area contributed by atoms with Gasteiger partial charge < -0.3 is 29.2 Å². The van der Waals surface area contributed by atoms with Crippen LogP contribution in [-0.4, -0.2) is 53.0 Å². The second-order valence-corrected chi connectivity index (χ2v) is 10.7. The van der Waals surface area contributed by atoms with Crippen LogP contribution >= 0.6 is 0 Å². The molecular formula is C30H33N5O5. The SMILES string of the molecule is Cc1cc2c(N3CCC(c4nc(-c5ccccc5C)no4)CC3)c(C(N)=O)c(=O)n(C)c2cc1O[C@@H]1CCOC1. The van der Waals surface area contributed by atoms with Gasteiger partial charge in [0.2, 0.25) is 11.7 Å². The van der Waals surface area contributed by atoms with E-state index in [1.807, 2.05) is 50.2 Å². The van der Waals surface area contributed by atoms with Crippen molar-refractivity contribution in [3.63, 3.8) is 0 Å². The highest BCUT2D eigenvalue weighted by atomic mass is 16.5. The van der Waals surface area contributed by atoms with E-state index in [1.54, 1.807) is 7.05 Å². The van der Waals surface area contributed by atoms with Gasteiger partial charge >= 0.3 is 0 Å². The highest BCUT2D eigenvalue weighted by Crippen LogP contribution is 2.37. The molecule has 0 saturated carbocycles. The van der Waals surface area contributed by atoms with Gasteiger partial charge in [-0.2, -0.15) is 4.98 Å². The maximum Gasteiger partial charge on any atom is 0.265 e. The molecule has 1 atom stereocenters. The molecule has 2 aliphatic heterocycles. The Morgan fingerprint density at radius 3 is 2.58 bits per heavy atom. The van der Waals surface area contributed by atoms with E-state index in [0.717, 1.165) is 41.3 Å². The number of rotatable bonds is 6. The minimum atomic E-state index is -0.736. The summed E-state index contributed by atoms with van der Waals surface area (Å²) in [5.41, 5.74) is 9.60. The number of hydrogen-bond donors (Lipinski definition) is 1. The summed E-state index contributed by atoms with van der Waals surface area (Å²) in [5.74, 6) is 1.24. The molecule has 10 heteroatoms. The monoisotopic (exact) mass is 543 g/mol. The molecule has 2 aliphatic rings. The highest BCUT2D eigenvalue weighted by Gasteiger charge is 2.31. The van der Waals surface area contributed by atoms with Crippen molar-refractivity contribution in [2.45, 2.75) is 45.1 Å². The van der Waals surface area contributed by atoms with Gasteiger partial charge in [-0.1, -0.05) is 29.4 Å². The molecule has 2 aromatic carbocycles. The van der Waals surface area contributed by atoms with Crippen LogP contribution in [0.25, 0.3) is 22.3 Å². The molecule has 2 saturated heterocycles. The number of pyridine rings is 1. The highest BCUT2D eigenvalue weighted by molar-refractivity contribution is 6.07. The summed E-state index contributed by atoms with van der Waals surface area (Å²) >= 11 is 0. The van der Waals surface area contributed by atoms with E-state index in [0.29, 0.717) is 55.0 Å². The summed E-state index contributed by atoms with van der Waals surface area (Å²) in [6.07, 6.45) is 2.26.